The molecule has 0 saturated carbocycles. The van der Waals surface area contributed by atoms with Gasteiger partial charge in [0.2, 0.25) is 0 Å². The van der Waals surface area contributed by atoms with Crippen molar-refractivity contribution in [1.82, 2.24) is 0 Å². The van der Waals surface area contributed by atoms with E-state index >= 15 is 0 Å². The molecule has 0 atom stereocenters. The Kier molecular flexibility index (Phi) is 2.78. The monoisotopic (exact) mass is 237 g/mol. The van der Waals surface area contributed by atoms with Crippen LogP contribution in [-0.4, -0.2) is 25.2 Å². The molecule has 84 valence electrons. The molecule has 0 fully saturated rings. The molecule has 0 unspecified atom stereocenters. The van der Waals surface area contributed by atoms with Crippen molar-refractivity contribution in [1.29, 1.82) is 0 Å². The third-order valence-corrected chi connectivity index (χ3v) is 3.46. The second-order valence-electron chi connectivity index (χ2n) is 3.29. The van der Waals surface area contributed by atoms with Crippen molar-refractivity contribution in [2.24, 2.45) is 0 Å². The van der Waals surface area contributed by atoms with Gasteiger partial charge in [-0.3, -0.25) is 0 Å². The minimum atomic E-state index is -0.943. The fourth-order valence-electron chi connectivity index (χ4n) is 1.60. The van der Waals surface area contributed by atoms with Gasteiger partial charge in [-0.2, -0.15) is 0 Å². The van der Waals surface area contributed by atoms with E-state index in [0.29, 0.717) is 5.03 Å². The zero-order valence-corrected chi connectivity index (χ0v) is 9.75. The third kappa shape index (κ3) is 1.74. The lowest BCUT2D eigenvalue weighted by molar-refractivity contribution is -0.131. The van der Waals surface area contributed by atoms with Crippen molar-refractivity contribution in [2.75, 3.05) is 19.1 Å². The van der Waals surface area contributed by atoms with Crippen LogP contribution in [-0.2, 0) is 4.79 Å². The zero-order valence-electron chi connectivity index (χ0n) is 8.93. The average molecular weight is 237 g/mol. The number of ether oxygens (including phenoxy) is 1. The Balaban J connectivity index is 2.46. The first-order valence-corrected chi connectivity index (χ1v) is 5.48. The predicted octanol–water partition coefficient (Wildman–Crippen LogP) is 2.16. The molecular formula is C11H11NO3S. The van der Waals surface area contributed by atoms with Gasteiger partial charge < -0.3 is 14.7 Å². The lowest BCUT2D eigenvalue weighted by Gasteiger charge is -2.15. The van der Waals surface area contributed by atoms with Crippen LogP contribution in [0.2, 0.25) is 0 Å². The number of carboxylic acid groups (broad SMARTS) is 1. The van der Waals surface area contributed by atoms with E-state index in [1.54, 1.807) is 7.11 Å². The number of anilines is 1. The molecule has 1 aromatic rings. The van der Waals surface area contributed by atoms with E-state index in [4.69, 9.17) is 9.84 Å². The smallest absolute Gasteiger partial charge is 0.330 e. The number of fused-ring (bicyclic) bond motifs is 1. The summed E-state index contributed by atoms with van der Waals surface area (Å²) in [6.45, 7) is 0. The molecule has 0 aliphatic carbocycles. The number of carbonyl (C=O) groups is 1. The molecular weight excluding hydrogens is 226 g/mol. The van der Waals surface area contributed by atoms with Gasteiger partial charge in [0.1, 0.15) is 5.75 Å². The molecule has 0 bridgehead atoms. The fraction of sp³-hybridized carbons (Fsp3) is 0.182. The summed E-state index contributed by atoms with van der Waals surface area (Å²) in [6, 6.07) is 5.70. The van der Waals surface area contributed by atoms with Gasteiger partial charge >= 0.3 is 5.97 Å². The number of benzene rings is 1. The molecule has 0 spiro atoms. The van der Waals surface area contributed by atoms with Crippen LogP contribution in [0.25, 0.3) is 0 Å². The number of hydrogen-bond acceptors (Lipinski definition) is 4. The molecule has 16 heavy (non-hydrogen) atoms. The predicted molar refractivity (Wildman–Crippen MR) is 63.0 cm³/mol. The summed E-state index contributed by atoms with van der Waals surface area (Å²) in [5.41, 5.74) is 0.919. The maximum Gasteiger partial charge on any atom is 0.330 e. The summed E-state index contributed by atoms with van der Waals surface area (Å²) in [5, 5.41) is 9.44. The van der Waals surface area contributed by atoms with Crippen LogP contribution >= 0.6 is 11.8 Å². The first kappa shape index (κ1) is 10.9. The zero-order chi connectivity index (χ0) is 11.7. The summed E-state index contributed by atoms with van der Waals surface area (Å²) >= 11 is 1.43. The molecule has 1 heterocycles. The Morgan fingerprint density at radius 2 is 2.31 bits per heavy atom. The Labute approximate surface area is 97.5 Å². The largest absolute Gasteiger partial charge is 0.495 e. The van der Waals surface area contributed by atoms with E-state index < -0.39 is 5.97 Å². The highest BCUT2D eigenvalue weighted by Gasteiger charge is 2.25. The standard InChI is InChI=1S/C11H11NO3S/c1-12-9(6-10(13)14)16-8-5-3-4-7(15-2)11(8)12/h3-6H,1-2H3,(H,13,14). The number of rotatable bonds is 2. The molecule has 4 nitrogen and oxygen atoms in total. The van der Waals surface area contributed by atoms with E-state index in [9.17, 15) is 4.79 Å². The van der Waals surface area contributed by atoms with Crippen LogP contribution in [0, 0.1) is 0 Å². The molecule has 2 rings (SSSR count). The highest BCUT2D eigenvalue weighted by Crippen LogP contribution is 2.49. The second-order valence-corrected chi connectivity index (χ2v) is 4.35. The number of para-hydroxylation sites is 1. The number of nitrogens with zero attached hydrogens (tertiary/aromatic N) is 1. The van der Waals surface area contributed by atoms with Crippen molar-refractivity contribution in [3.8, 4) is 5.75 Å². The van der Waals surface area contributed by atoms with Crippen molar-refractivity contribution in [2.45, 2.75) is 4.90 Å². The van der Waals surface area contributed by atoms with Crippen LogP contribution < -0.4 is 9.64 Å². The highest BCUT2D eigenvalue weighted by atomic mass is 32.2. The van der Waals surface area contributed by atoms with Crippen molar-refractivity contribution >= 4 is 23.4 Å². The number of hydrogen-bond donors (Lipinski definition) is 1. The first-order chi connectivity index (χ1) is 7.63. The van der Waals surface area contributed by atoms with Gasteiger partial charge in [0.25, 0.3) is 0 Å². The maximum atomic E-state index is 10.7. The van der Waals surface area contributed by atoms with E-state index in [1.165, 1.54) is 17.8 Å². The topological polar surface area (TPSA) is 49.8 Å². The van der Waals surface area contributed by atoms with Crippen LogP contribution in [0.15, 0.2) is 34.2 Å². The Morgan fingerprint density at radius 3 is 2.94 bits per heavy atom. The Bertz CT molecular complexity index is 470. The summed E-state index contributed by atoms with van der Waals surface area (Å²) in [5.74, 6) is -0.192. The minimum Gasteiger partial charge on any atom is -0.495 e. The Hall–Kier alpha value is -1.62. The van der Waals surface area contributed by atoms with Crippen LogP contribution in [0.4, 0.5) is 5.69 Å². The molecule has 1 N–H and O–H groups in total. The molecule has 1 aromatic carbocycles. The SMILES string of the molecule is COc1cccc2c1N(C)C(=CC(=O)O)S2. The van der Waals surface area contributed by atoms with E-state index in [0.717, 1.165) is 16.3 Å². The number of thioether (sulfide) groups is 1. The molecule has 1 aliphatic rings. The van der Waals surface area contributed by atoms with Gasteiger partial charge in [0, 0.05) is 11.9 Å². The van der Waals surface area contributed by atoms with Crippen molar-refractivity contribution < 1.29 is 14.6 Å². The summed E-state index contributed by atoms with van der Waals surface area (Å²) in [6.07, 6.45) is 1.20. The third-order valence-electron chi connectivity index (χ3n) is 2.31. The summed E-state index contributed by atoms with van der Waals surface area (Å²) in [4.78, 5) is 13.5. The van der Waals surface area contributed by atoms with Gasteiger partial charge in [-0.25, -0.2) is 4.79 Å². The van der Waals surface area contributed by atoms with Crippen molar-refractivity contribution in [3.05, 3.63) is 29.3 Å². The molecule has 0 aromatic heterocycles. The highest BCUT2D eigenvalue weighted by molar-refractivity contribution is 8.03. The van der Waals surface area contributed by atoms with Gasteiger partial charge in [0.15, 0.2) is 0 Å². The maximum absolute atomic E-state index is 10.7. The normalized spacial score (nSPS) is 16.4. The van der Waals surface area contributed by atoms with E-state index in [1.807, 2.05) is 30.1 Å². The minimum absolute atomic E-state index is 0.687. The quantitative estimate of drug-likeness (QED) is 0.799. The molecule has 0 radical (unpaired) electrons. The number of methoxy groups -OCH3 is 1. The first-order valence-electron chi connectivity index (χ1n) is 4.66. The van der Waals surface area contributed by atoms with Gasteiger partial charge in [-0.15, -0.1) is 0 Å². The summed E-state index contributed by atoms with van der Waals surface area (Å²) in [7, 11) is 3.43. The van der Waals surface area contributed by atoms with Gasteiger partial charge in [-0.05, 0) is 12.1 Å². The second kappa shape index (κ2) is 4.09. The van der Waals surface area contributed by atoms with E-state index in [-0.39, 0.29) is 0 Å². The summed E-state index contributed by atoms with van der Waals surface area (Å²) < 4.78 is 5.25. The number of carboxylic acids is 1. The van der Waals surface area contributed by atoms with Crippen LogP contribution in [0.1, 0.15) is 0 Å². The van der Waals surface area contributed by atoms with Gasteiger partial charge in [-0.1, -0.05) is 17.8 Å². The van der Waals surface area contributed by atoms with Crippen LogP contribution in [0.3, 0.4) is 0 Å². The fourth-order valence-corrected chi connectivity index (χ4v) is 2.70. The molecule has 0 amide bonds. The molecule has 1 aliphatic heterocycles. The lowest BCUT2D eigenvalue weighted by atomic mass is 10.3. The van der Waals surface area contributed by atoms with Crippen molar-refractivity contribution in [3.63, 3.8) is 0 Å². The number of aliphatic carboxylic acids is 1. The molecule has 0 saturated heterocycles. The Morgan fingerprint density at radius 1 is 1.56 bits per heavy atom. The molecule has 5 heteroatoms. The van der Waals surface area contributed by atoms with Crippen LogP contribution in [0.5, 0.6) is 5.75 Å². The van der Waals surface area contributed by atoms with E-state index in [2.05, 4.69) is 0 Å². The average Bonchev–Trinajstić information content (AvgIpc) is 2.55. The lowest BCUT2D eigenvalue weighted by Crippen LogP contribution is -2.12. The van der Waals surface area contributed by atoms with Gasteiger partial charge in [0.05, 0.1) is 23.9 Å².